The molecule has 0 spiro atoms. The number of aliphatic hydroxyl groups excluding tert-OH is 1. The van der Waals surface area contributed by atoms with Crippen molar-refractivity contribution in [3.05, 3.63) is 35.9 Å². The van der Waals surface area contributed by atoms with Crippen LogP contribution in [0.25, 0.3) is 0 Å². The second kappa shape index (κ2) is 16.7. The zero-order chi connectivity index (χ0) is 24.7. The van der Waals surface area contributed by atoms with Crippen molar-refractivity contribution in [2.75, 3.05) is 6.61 Å². The van der Waals surface area contributed by atoms with Crippen LogP contribution in [0.1, 0.15) is 117 Å². The quantitative estimate of drug-likeness (QED) is 0.146. The van der Waals surface area contributed by atoms with Crippen LogP contribution in [0.4, 0.5) is 0 Å². The molecule has 1 aromatic carbocycles. The van der Waals surface area contributed by atoms with E-state index >= 15 is 0 Å². The van der Waals surface area contributed by atoms with E-state index in [2.05, 4.69) is 45.1 Å². The van der Waals surface area contributed by atoms with Crippen LogP contribution in [0.3, 0.4) is 0 Å². The van der Waals surface area contributed by atoms with Crippen molar-refractivity contribution in [3.8, 4) is 0 Å². The van der Waals surface area contributed by atoms with E-state index in [1.54, 1.807) is 0 Å². The van der Waals surface area contributed by atoms with Crippen molar-refractivity contribution < 1.29 is 14.6 Å². The summed E-state index contributed by atoms with van der Waals surface area (Å²) in [6.07, 6.45) is 17.7. The summed E-state index contributed by atoms with van der Waals surface area (Å²) in [5, 5.41) is 13.7. The first kappa shape index (κ1) is 29.3. The summed E-state index contributed by atoms with van der Waals surface area (Å²) in [5.74, 6) is 0. The Labute approximate surface area is 210 Å². The third kappa shape index (κ3) is 10.8. The Balaban J connectivity index is 1.65. The van der Waals surface area contributed by atoms with Crippen LogP contribution >= 0.6 is 0 Å². The van der Waals surface area contributed by atoms with Crippen molar-refractivity contribution in [2.45, 2.75) is 148 Å². The van der Waals surface area contributed by atoms with Gasteiger partial charge in [0.05, 0.1) is 24.9 Å². The second-order valence-corrected chi connectivity index (χ2v) is 10.7. The summed E-state index contributed by atoms with van der Waals surface area (Å²) >= 11 is 0. The summed E-state index contributed by atoms with van der Waals surface area (Å²) < 4.78 is 12.5. The Morgan fingerprint density at radius 3 is 2.00 bits per heavy atom. The molecule has 0 saturated carbocycles. The van der Waals surface area contributed by atoms with Gasteiger partial charge in [-0.15, -0.1) is 0 Å². The maximum atomic E-state index is 10.2. The topological polar surface area (TPSA) is 54.0 Å². The SMILES string of the molecule is CCCCCCCCCCCCCCC1OC1(C)C(OC(C)C)C(CO)NCc1ccccc1. The molecule has 4 heteroatoms. The first-order chi connectivity index (χ1) is 16.5. The summed E-state index contributed by atoms with van der Waals surface area (Å²) in [4.78, 5) is 0. The molecule has 1 saturated heterocycles. The van der Waals surface area contributed by atoms with Crippen LogP contribution < -0.4 is 5.32 Å². The predicted octanol–water partition coefficient (Wildman–Crippen LogP) is 7.18. The third-order valence-electron chi connectivity index (χ3n) is 7.26. The third-order valence-corrected chi connectivity index (χ3v) is 7.26. The van der Waals surface area contributed by atoms with Crippen molar-refractivity contribution in [2.24, 2.45) is 0 Å². The summed E-state index contributed by atoms with van der Waals surface area (Å²) in [5.41, 5.74) is 0.887. The zero-order valence-corrected chi connectivity index (χ0v) is 22.6. The van der Waals surface area contributed by atoms with Crippen LogP contribution in [0, 0.1) is 0 Å². The fourth-order valence-corrected chi connectivity index (χ4v) is 5.07. The lowest BCUT2D eigenvalue weighted by molar-refractivity contribution is -0.0631. The number of nitrogens with one attached hydrogen (secondary N) is 1. The average Bonchev–Trinajstić information content (AvgIpc) is 3.50. The molecule has 34 heavy (non-hydrogen) atoms. The second-order valence-electron chi connectivity index (χ2n) is 10.7. The molecule has 4 atom stereocenters. The van der Waals surface area contributed by atoms with Gasteiger partial charge in [-0.3, -0.25) is 0 Å². The van der Waals surface area contributed by atoms with E-state index in [9.17, 15) is 5.11 Å². The highest BCUT2D eigenvalue weighted by molar-refractivity contribution is 5.15. The van der Waals surface area contributed by atoms with Crippen molar-refractivity contribution in [1.82, 2.24) is 5.32 Å². The van der Waals surface area contributed by atoms with Gasteiger partial charge in [-0.05, 0) is 32.8 Å². The molecule has 1 aromatic rings. The van der Waals surface area contributed by atoms with E-state index in [0.717, 1.165) is 6.42 Å². The molecule has 0 aliphatic carbocycles. The molecular weight excluding hydrogens is 422 g/mol. The lowest BCUT2D eigenvalue weighted by Gasteiger charge is -2.32. The van der Waals surface area contributed by atoms with Gasteiger partial charge in [0.15, 0.2) is 0 Å². The molecule has 0 aromatic heterocycles. The monoisotopic (exact) mass is 475 g/mol. The minimum atomic E-state index is -0.320. The minimum absolute atomic E-state index is 0.0362. The molecule has 4 nitrogen and oxygen atoms in total. The van der Waals surface area contributed by atoms with Crippen LogP contribution in [0.15, 0.2) is 30.3 Å². The first-order valence-electron chi connectivity index (χ1n) is 14.2. The number of unbranched alkanes of at least 4 members (excludes halogenated alkanes) is 11. The Kier molecular flexibility index (Phi) is 14.4. The van der Waals surface area contributed by atoms with Gasteiger partial charge in [-0.25, -0.2) is 0 Å². The number of benzene rings is 1. The molecule has 2 rings (SSSR count). The molecule has 1 heterocycles. The van der Waals surface area contributed by atoms with Crippen LogP contribution in [-0.4, -0.2) is 41.7 Å². The van der Waals surface area contributed by atoms with E-state index in [4.69, 9.17) is 9.47 Å². The fourth-order valence-electron chi connectivity index (χ4n) is 5.07. The molecule has 196 valence electrons. The maximum absolute atomic E-state index is 10.2. The highest BCUT2D eigenvalue weighted by Gasteiger charge is 2.59. The minimum Gasteiger partial charge on any atom is -0.395 e. The summed E-state index contributed by atoms with van der Waals surface area (Å²) in [6.45, 7) is 9.31. The number of hydrogen-bond donors (Lipinski definition) is 2. The van der Waals surface area contributed by atoms with E-state index in [0.29, 0.717) is 6.54 Å². The smallest absolute Gasteiger partial charge is 0.120 e. The highest BCUT2D eigenvalue weighted by atomic mass is 16.6. The molecule has 1 aliphatic heterocycles. The summed E-state index contributed by atoms with van der Waals surface area (Å²) in [7, 11) is 0. The maximum Gasteiger partial charge on any atom is 0.120 e. The van der Waals surface area contributed by atoms with Crippen LogP contribution in [0.5, 0.6) is 0 Å². The van der Waals surface area contributed by atoms with Crippen molar-refractivity contribution in [1.29, 1.82) is 0 Å². The van der Waals surface area contributed by atoms with Gasteiger partial charge in [0.1, 0.15) is 11.7 Å². The van der Waals surface area contributed by atoms with E-state index in [-0.39, 0.29) is 36.6 Å². The van der Waals surface area contributed by atoms with Gasteiger partial charge in [0.2, 0.25) is 0 Å². The van der Waals surface area contributed by atoms with Gasteiger partial charge in [-0.2, -0.15) is 0 Å². The molecule has 0 bridgehead atoms. The fraction of sp³-hybridized carbons (Fsp3) is 0.800. The molecule has 0 amide bonds. The van der Waals surface area contributed by atoms with Gasteiger partial charge in [0.25, 0.3) is 0 Å². The lowest BCUT2D eigenvalue weighted by Crippen LogP contribution is -2.52. The number of hydrogen-bond acceptors (Lipinski definition) is 4. The van der Waals surface area contributed by atoms with Crippen LogP contribution in [0.2, 0.25) is 0 Å². The largest absolute Gasteiger partial charge is 0.395 e. The molecule has 1 fully saturated rings. The Bertz CT molecular complexity index is 623. The zero-order valence-electron chi connectivity index (χ0n) is 22.6. The van der Waals surface area contributed by atoms with E-state index in [1.807, 2.05) is 18.2 Å². The number of ether oxygens (including phenoxy) is 2. The standard InChI is InChI=1S/C30H53NO3/c1-5-6-7-8-9-10-11-12-13-14-15-19-22-28-30(4,34-28)29(33-25(2)3)27(24-32)31-23-26-20-17-16-18-21-26/h16-18,20-21,25,27-29,31-32H,5-15,19,22-24H2,1-4H3. The van der Waals surface area contributed by atoms with Crippen LogP contribution in [-0.2, 0) is 16.0 Å². The summed E-state index contributed by atoms with van der Waals surface area (Å²) in [6, 6.07) is 10.2. The normalized spacial score (nSPS) is 21.6. The van der Waals surface area contributed by atoms with Gasteiger partial charge < -0.3 is 19.9 Å². The molecule has 0 radical (unpaired) electrons. The van der Waals surface area contributed by atoms with Gasteiger partial charge in [0, 0.05) is 6.54 Å². The predicted molar refractivity (Wildman–Crippen MR) is 143 cm³/mol. The number of rotatable bonds is 21. The number of aliphatic hydroxyl groups is 1. The van der Waals surface area contributed by atoms with E-state index < -0.39 is 0 Å². The molecule has 2 N–H and O–H groups in total. The van der Waals surface area contributed by atoms with Gasteiger partial charge >= 0.3 is 0 Å². The van der Waals surface area contributed by atoms with Crippen molar-refractivity contribution in [3.63, 3.8) is 0 Å². The lowest BCUT2D eigenvalue weighted by atomic mass is 9.91. The Hall–Kier alpha value is -0.940. The van der Waals surface area contributed by atoms with Crippen molar-refractivity contribution >= 4 is 0 Å². The first-order valence-corrected chi connectivity index (χ1v) is 14.2. The number of epoxide rings is 1. The Morgan fingerprint density at radius 2 is 1.47 bits per heavy atom. The Morgan fingerprint density at radius 1 is 0.912 bits per heavy atom. The average molecular weight is 476 g/mol. The molecule has 4 unspecified atom stereocenters. The molecule has 1 aliphatic rings. The van der Waals surface area contributed by atoms with E-state index in [1.165, 1.54) is 82.6 Å². The molecular formula is C30H53NO3. The highest BCUT2D eigenvalue weighted by Crippen LogP contribution is 2.45. The van der Waals surface area contributed by atoms with Gasteiger partial charge in [-0.1, -0.05) is 114 Å².